The van der Waals surface area contributed by atoms with Crippen molar-refractivity contribution in [1.82, 2.24) is 15.1 Å². The molecule has 21 heavy (non-hydrogen) atoms. The molecule has 0 radical (unpaired) electrons. The lowest BCUT2D eigenvalue weighted by molar-refractivity contribution is -0.121. The van der Waals surface area contributed by atoms with E-state index in [0.717, 1.165) is 39.2 Å². The number of nitrogens with zero attached hydrogens (tertiary/aromatic N) is 2. The largest absolute Gasteiger partial charge is 0.383 e. The van der Waals surface area contributed by atoms with Gasteiger partial charge in [0.15, 0.2) is 0 Å². The van der Waals surface area contributed by atoms with Gasteiger partial charge in [-0.15, -0.1) is 0 Å². The highest BCUT2D eigenvalue weighted by Gasteiger charge is 2.22. The molecule has 1 N–H and O–H groups in total. The summed E-state index contributed by atoms with van der Waals surface area (Å²) in [6, 6.07) is 0.505. The van der Waals surface area contributed by atoms with Crippen LogP contribution < -0.4 is 5.32 Å². The maximum atomic E-state index is 11.8. The van der Waals surface area contributed by atoms with Gasteiger partial charge in [0.25, 0.3) is 0 Å². The highest BCUT2D eigenvalue weighted by molar-refractivity contribution is 5.75. The Bertz CT molecular complexity index is 289. The molecular weight excluding hydrogens is 266 g/mol. The van der Waals surface area contributed by atoms with Crippen LogP contribution in [-0.4, -0.2) is 75.7 Å². The van der Waals surface area contributed by atoms with Crippen LogP contribution in [0, 0.1) is 5.92 Å². The predicted molar refractivity (Wildman–Crippen MR) is 86.4 cm³/mol. The molecule has 1 atom stereocenters. The van der Waals surface area contributed by atoms with Crippen molar-refractivity contribution in [3.8, 4) is 0 Å². The molecule has 1 aliphatic heterocycles. The summed E-state index contributed by atoms with van der Waals surface area (Å²) in [6.45, 7) is 6.95. The Labute approximate surface area is 130 Å². The smallest absolute Gasteiger partial charge is 0.220 e. The van der Waals surface area contributed by atoms with Crippen LogP contribution in [0.15, 0.2) is 0 Å². The molecule has 1 unspecified atom stereocenters. The van der Waals surface area contributed by atoms with E-state index in [9.17, 15) is 4.79 Å². The van der Waals surface area contributed by atoms with Crippen LogP contribution >= 0.6 is 0 Å². The fourth-order valence-electron chi connectivity index (χ4n) is 2.87. The summed E-state index contributed by atoms with van der Waals surface area (Å²) in [7, 11) is 5.80. The Kier molecular flexibility index (Phi) is 8.88. The molecule has 0 saturated carbocycles. The molecular formula is C16H33N3O2. The summed E-state index contributed by atoms with van der Waals surface area (Å²) < 4.78 is 5.22. The zero-order valence-corrected chi connectivity index (χ0v) is 14.2. The van der Waals surface area contributed by atoms with Gasteiger partial charge in [0.1, 0.15) is 0 Å². The van der Waals surface area contributed by atoms with Gasteiger partial charge in [-0.3, -0.25) is 9.69 Å². The van der Waals surface area contributed by atoms with E-state index in [1.807, 2.05) is 14.1 Å². The number of piperidine rings is 1. The Morgan fingerprint density at radius 2 is 2.05 bits per heavy atom. The Balaban J connectivity index is 2.11. The Morgan fingerprint density at radius 3 is 2.62 bits per heavy atom. The lowest BCUT2D eigenvalue weighted by Gasteiger charge is -2.35. The zero-order chi connectivity index (χ0) is 15.7. The highest BCUT2D eigenvalue weighted by atomic mass is 16.5. The number of nitrogens with one attached hydrogen (secondary N) is 1. The molecule has 5 heteroatoms. The molecule has 0 spiro atoms. The normalized spacial score (nSPS) is 18.9. The summed E-state index contributed by atoms with van der Waals surface area (Å²) in [5.74, 6) is 0.905. The summed E-state index contributed by atoms with van der Waals surface area (Å²) >= 11 is 0. The number of rotatable bonds is 9. The van der Waals surface area contributed by atoms with Crippen molar-refractivity contribution in [2.75, 3.05) is 54.0 Å². The summed E-state index contributed by atoms with van der Waals surface area (Å²) in [5, 5.41) is 2.99. The lowest BCUT2D eigenvalue weighted by atomic mass is 9.91. The van der Waals surface area contributed by atoms with Gasteiger partial charge in [0, 0.05) is 32.7 Å². The Hall–Kier alpha value is -0.650. The van der Waals surface area contributed by atoms with Crippen LogP contribution in [-0.2, 0) is 9.53 Å². The number of carbonyl (C=O) groups is 1. The second kappa shape index (κ2) is 10.1. The first-order valence-electron chi connectivity index (χ1n) is 8.17. The van der Waals surface area contributed by atoms with Crippen molar-refractivity contribution in [2.45, 2.75) is 38.6 Å². The highest BCUT2D eigenvalue weighted by Crippen LogP contribution is 2.23. The van der Waals surface area contributed by atoms with E-state index < -0.39 is 0 Å². The Morgan fingerprint density at radius 1 is 1.38 bits per heavy atom. The third-order valence-corrected chi connectivity index (χ3v) is 4.34. The molecule has 0 aliphatic carbocycles. The van der Waals surface area contributed by atoms with Crippen molar-refractivity contribution in [2.24, 2.45) is 5.92 Å². The molecule has 1 rings (SSSR count). The summed E-state index contributed by atoms with van der Waals surface area (Å²) in [6.07, 6.45) is 4.12. The molecule has 124 valence electrons. The van der Waals surface area contributed by atoms with E-state index in [0.29, 0.717) is 18.4 Å². The molecule has 0 aromatic carbocycles. The second-order valence-electron chi connectivity index (χ2n) is 6.48. The van der Waals surface area contributed by atoms with Gasteiger partial charge in [-0.2, -0.15) is 0 Å². The predicted octanol–water partition coefficient (Wildman–Crippen LogP) is 1.19. The molecule has 0 aromatic heterocycles. The third kappa shape index (κ3) is 7.79. The minimum absolute atomic E-state index is 0.201. The van der Waals surface area contributed by atoms with Crippen LogP contribution in [0.25, 0.3) is 0 Å². The first-order valence-corrected chi connectivity index (χ1v) is 8.17. The van der Waals surface area contributed by atoms with Gasteiger partial charge in [0.2, 0.25) is 5.91 Å². The monoisotopic (exact) mass is 299 g/mol. The number of likely N-dealkylation sites (tertiary alicyclic amines) is 1. The molecule has 5 nitrogen and oxygen atoms in total. The average Bonchev–Trinajstić information content (AvgIpc) is 2.45. The quantitative estimate of drug-likeness (QED) is 0.695. The van der Waals surface area contributed by atoms with E-state index in [4.69, 9.17) is 4.74 Å². The second-order valence-corrected chi connectivity index (χ2v) is 6.48. The minimum Gasteiger partial charge on any atom is -0.383 e. The molecule has 1 saturated heterocycles. The van der Waals surface area contributed by atoms with Gasteiger partial charge < -0.3 is 15.0 Å². The van der Waals surface area contributed by atoms with Crippen molar-refractivity contribution in [1.29, 1.82) is 0 Å². The summed E-state index contributed by atoms with van der Waals surface area (Å²) in [4.78, 5) is 16.3. The fraction of sp³-hybridized carbons (Fsp3) is 0.938. The molecule has 0 bridgehead atoms. The third-order valence-electron chi connectivity index (χ3n) is 4.34. The van der Waals surface area contributed by atoms with Gasteiger partial charge in [0.05, 0.1) is 6.61 Å². The lowest BCUT2D eigenvalue weighted by Crippen LogP contribution is -2.42. The number of methoxy groups -OCH3 is 1. The fourth-order valence-corrected chi connectivity index (χ4v) is 2.87. The first-order chi connectivity index (χ1) is 10.0. The number of carbonyl (C=O) groups excluding carboxylic acids is 1. The van der Waals surface area contributed by atoms with E-state index in [-0.39, 0.29) is 5.91 Å². The number of likely N-dealkylation sites (N-methyl/N-ethyl adjacent to an activating group) is 1. The standard InChI is InChI=1S/C16H33N3O2/c1-14(13-21-4)19-10-7-15(8-11-19)5-6-16(20)17-9-12-18(2)3/h14-15H,5-13H2,1-4H3,(H,17,20). The van der Waals surface area contributed by atoms with Crippen LogP contribution in [0.5, 0.6) is 0 Å². The van der Waals surface area contributed by atoms with E-state index in [1.165, 1.54) is 12.8 Å². The van der Waals surface area contributed by atoms with Crippen LogP contribution in [0.1, 0.15) is 32.6 Å². The molecule has 1 aliphatic rings. The van der Waals surface area contributed by atoms with Crippen molar-refractivity contribution in [3.05, 3.63) is 0 Å². The van der Waals surface area contributed by atoms with Crippen LogP contribution in [0.4, 0.5) is 0 Å². The molecule has 1 amide bonds. The van der Waals surface area contributed by atoms with Crippen molar-refractivity contribution < 1.29 is 9.53 Å². The first kappa shape index (κ1) is 18.4. The number of ether oxygens (including phenoxy) is 1. The van der Waals surface area contributed by atoms with Gasteiger partial charge >= 0.3 is 0 Å². The summed E-state index contributed by atoms with van der Waals surface area (Å²) in [5.41, 5.74) is 0. The number of hydrogen-bond donors (Lipinski definition) is 1. The topological polar surface area (TPSA) is 44.8 Å². The van der Waals surface area contributed by atoms with Crippen LogP contribution in [0.2, 0.25) is 0 Å². The maximum absolute atomic E-state index is 11.8. The minimum atomic E-state index is 0.201. The van der Waals surface area contributed by atoms with Crippen molar-refractivity contribution in [3.63, 3.8) is 0 Å². The van der Waals surface area contributed by atoms with Gasteiger partial charge in [-0.25, -0.2) is 0 Å². The van der Waals surface area contributed by atoms with E-state index in [2.05, 4.69) is 22.0 Å². The SMILES string of the molecule is COCC(C)N1CCC(CCC(=O)NCCN(C)C)CC1. The average molecular weight is 299 g/mol. The molecule has 0 aromatic rings. The van der Waals surface area contributed by atoms with E-state index >= 15 is 0 Å². The van der Waals surface area contributed by atoms with Crippen molar-refractivity contribution >= 4 is 5.91 Å². The molecule has 1 heterocycles. The van der Waals surface area contributed by atoms with Crippen LogP contribution in [0.3, 0.4) is 0 Å². The number of amides is 1. The maximum Gasteiger partial charge on any atom is 0.220 e. The zero-order valence-electron chi connectivity index (χ0n) is 14.2. The number of hydrogen-bond acceptors (Lipinski definition) is 4. The van der Waals surface area contributed by atoms with Gasteiger partial charge in [-0.1, -0.05) is 0 Å². The van der Waals surface area contributed by atoms with E-state index in [1.54, 1.807) is 7.11 Å². The molecule has 1 fully saturated rings. The van der Waals surface area contributed by atoms with Gasteiger partial charge in [-0.05, 0) is 59.3 Å².